The second-order valence-electron chi connectivity index (χ2n) is 7.43. The molecule has 2 N–H and O–H groups in total. The Morgan fingerprint density at radius 3 is 2.70 bits per heavy atom. The molecule has 0 saturated carbocycles. The summed E-state index contributed by atoms with van der Waals surface area (Å²) >= 11 is 2.04. The smallest absolute Gasteiger partial charge is 0.343 e. The van der Waals surface area contributed by atoms with Crippen LogP contribution in [0.15, 0.2) is 58.0 Å². The molecule has 0 bridgehead atoms. The zero-order chi connectivity index (χ0) is 23.3. The first-order valence-corrected chi connectivity index (χ1v) is 10.9. The van der Waals surface area contributed by atoms with Crippen molar-refractivity contribution in [3.63, 3.8) is 0 Å². The zero-order valence-electron chi connectivity index (χ0n) is 17.1. The van der Waals surface area contributed by atoms with Gasteiger partial charge in [-0.2, -0.15) is 5.10 Å². The van der Waals surface area contributed by atoms with Crippen LogP contribution in [0, 0.1) is 9.52 Å². The summed E-state index contributed by atoms with van der Waals surface area (Å²) in [5.74, 6) is -0.0500. The zero-order valence-corrected chi connectivity index (χ0v) is 19.3. The van der Waals surface area contributed by atoms with Gasteiger partial charge >= 0.3 is 5.63 Å². The van der Waals surface area contributed by atoms with Crippen molar-refractivity contribution in [2.24, 2.45) is 0 Å². The van der Waals surface area contributed by atoms with Crippen LogP contribution in [0.5, 0.6) is 0 Å². The fourth-order valence-electron chi connectivity index (χ4n) is 3.97. The Morgan fingerprint density at radius 1 is 1.18 bits per heavy atom. The number of nitrogen functional groups attached to an aromatic ring is 1. The van der Waals surface area contributed by atoms with Crippen LogP contribution < -0.4 is 11.4 Å². The Kier molecular flexibility index (Phi) is 5.16. The molecule has 164 valence electrons. The first-order chi connectivity index (χ1) is 15.9. The van der Waals surface area contributed by atoms with Crippen LogP contribution in [0.3, 0.4) is 0 Å². The van der Waals surface area contributed by atoms with E-state index in [1.54, 1.807) is 41.9 Å². The van der Waals surface area contributed by atoms with Crippen molar-refractivity contribution < 1.29 is 13.6 Å². The highest BCUT2D eigenvalue weighted by Crippen LogP contribution is 2.37. The standard InChI is InChI=1S/C23H15FIN5O3/c1-11(30-22-18(20(25)29-30)21(26)27-10-28-22)19-17(13-6-12(9-31)7-14(24)8-13)15-4-2-3-5-16(15)23(32)33-19/h2-11H,1H3,(H2,26,27,28). The summed E-state index contributed by atoms with van der Waals surface area (Å²) < 4.78 is 22.4. The Balaban J connectivity index is 1.86. The van der Waals surface area contributed by atoms with Crippen molar-refractivity contribution >= 4 is 56.5 Å². The van der Waals surface area contributed by atoms with Crippen LogP contribution in [0.4, 0.5) is 10.2 Å². The fourth-order valence-corrected chi connectivity index (χ4v) is 4.72. The van der Waals surface area contributed by atoms with Gasteiger partial charge in [0.05, 0.1) is 10.8 Å². The van der Waals surface area contributed by atoms with Crippen molar-refractivity contribution in [2.75, 3.05) is 5.73 Å². The molecule has 3 aromatic heterocycles. The summed E-state index contributed by atoms with van der Waals surface area (Å²) in [6, 6.07) is 10.3. The molecule has 0 aliphatic heterocycles. The first-order valence-electron chi connectivity index (χ1n) is 9.85. The fraction of sp³-hybridized carbons (Fsp3) is 0.0870. The third kappa shape index (κ3) is 3.46. The molecule has 2 aromatic carbocycles. The normalized spacial score (nSPS) is 12.3. The van der Waals surface area contributed by atoms with Crippen molar-refractivity contribution in [3.05, 3.63) is 80.1 Å². The lowest BCUT2D eigenvalue weighted by Crippen LogP contribution is -2.14. The average molecular weight is 555 g/mol. The molecule has 0 radical (unpaired) electrons. The molecule has 0 aliphatic carbocycles. The SMILES string of the molecule is CC(c1oc(=O)c2ccccc2c1-c1cc(F)cc(C=O)c1)n1nc(I)c2c(N)ncnc21. The number of carbonyl (C=O) groups excluding carboxylic acids is 1. The van der Waals surface area contributed by atoms with Gasteiger partial charge in [-0.3, -0.25) is 4.79 Å². The summed E-state index contributed by atoms with van der Waals surface area (Å²) in [5, 5.41) is 6.05. The maximum absolute atomic E-state index is 14.4. The molecule has 0 saturated heterocycles. The van der Waals surface area contributed by atoms with E-state index in [-0.39, 0.29) is 17.1 Å². The lowest BCUT2D eigenvalue weighted by molar-refractivity contribution is 0.112. The molecule has 3 heterocycles. The van der Waals surface area contributed by atoms with Crippen LogP contribution in [-0.4, -0.2) is 26.0 Å². The number of halogens is 2. The minimum Gasteiger partial charge on any atom is -0.424 e. The van der Waals surface area contributed by atoms with Gasteiger partial charge in [-0.1, -0.05) is 18.2 Å². The van der Waals surface area contributed by atoms with E-state index in [9.17, 15) is 14.0 Å². The molecule has 1 unspecified atom stereocenters. The van der Waals surface area contributed by atoms with Crippen LogP contribution in [0.25, 0.3) is 32.9 Å². The van der Waals surface area contributed by atoms with E-state index in [0.717, 1.165) is 6.07 Å². The van der Waals surface area contributed by atoms with Gasteiger partial charge in [-0.15, -0.1) is 0 Å². The minimum absolute atomic E-state index is 0.165. The van der Waals surface area contributed by atoms with Crippen molar-refractivity contribution in [1.29, 1.82) is 0 Å². The Labute approximate surface area is 199 Å². The molecule has 0 aliphatic rings. The average Bonchev–Trinajstić information content (AvgIpc) is 3.15. The minimum atomic E-state index is -0.624. The predicted molar refractivity (Wildman–Crippen MR) is 130 cm³/mol. The van der Waals surface area contributed by atoms with Crippen molar-refractivity contribution in [1.82, 2.24) is 19.7 Å². The molecular weight excluding hydrogens is 540 g/mol. The van der Waals surface area contributed by atoms with Crippen molar-refractivity contribution in [2.45, 2.75) is 13.0 Å². The van der Waals surface area contributed by atoms with E-state index in [4.69, 9.17) is 10.2 Å². The predicted octanol–water partition coefficient (Wildman–Crippen LogP) is 4.35. The van der Waals surface area contributed by atoms with Gasteiger partial charge in [0.1, 0.15) is 39.8 Å². The summed E-state index contributed by atoms with van der Waals surface area (Å²) in [6.07, 6.45) is 1.90. The molecule has 0 fully saturated rings. The number of benzene rings is 2. The number of nitrogens with zero attached hydrogens (tertiary/aromatic N) is 4. The molecule has 1 atom stereocenters. The van der Waals surface area contributed by atoms with Gasteiger partial charge in [-0.05, 0) is 59.3 Å². The van der Waals surface area contributed by atoms with E-state index in [2.05, 4.69) is 15.1 Å². The second kappa shape index (κ2) is 8.03. The number of carbonyl (C=O) groups is 1. The quantitative estimate of drug-likeness (QED) is 0.259. The van der Waals surface area contributed by atoms with Gasteiger partial charge in [-0.25, -0.2) is 23.8 Å². The van der Waals surface area contributed by atoms with Gasteiger partial charge in [0.15, 0.2) is 5.65 Å². The third-order valence-corrected chi connectivity index (χ3v) is 6.19. The molecule has 8 nitrogen and oxygen atoms in total. The van der Waals surface area contributed by atoms with Crippen LogP contribution in [0.1, 0.15) is 29.1 Å². The maximum atomic E-state index is 14.4. The van der Waals surface area contributed by atoms with Gasteiger partial charge in [0, 0.05) is 16.5 Å². The van der Waals surface area contributed by atoms with E-state index in [0.29, 0.717) is 42.9 Å². The van der Waals surface area contributed by atoms with E-state index in [1.807, 2.05) is 22.6 Å². The lowest BCUT2D eigenvalue weighted by atomic mass is 9.95. The van der Waals surface area contributed by atoms with E-state index >= 15 is 0 Å². The number of anilines is 1. The molecule has 5 aromatic rings. The molecular formula is C23H15FIN5O3. The summed E-state index contributed by atoms with van der Waals surface area (Å²) in [5.41, 5.74) is 7.00. The highest BCUT2D eigenvalue weighted by molar-refractivity contribution is 14.1. The number of aromatic nitrogens is 4. The van der Waals surface area contributed by atoms with Gasteiger partial charge in [0.25, 0.3) is 0 Å². The van der Waals surface area contributed by atoms with Gasteiger partial charge in [0.2, 0.25) is 0 Å². The summed E-state index contributed by atoms with van der Waals surface area (Å²) in [6.45, 7) is 1.79. The number of rotatable bonds is 4. The number of fused-ring (bicyclic) bond motifs is 2. The summed E-state index contributed by atoms with van der Waals surface area (Å²) in [7, 11) is 0. The van der Waals surface area contributed by atoms with Gasteiger partial charge < -0.3 is 10.2 Å². The summed E-state index contributed by atoms with van der Waals surface area (Å²) in [4.78, 5) is 32.6. The highest BCUT2D eigenvalue weighted by Gasteiger charge is 2.26. The van der Waals surface area contributed by atoms with Crippen LogP contribution in [-0.2, 0) is 0 Å². The van der Waals surface area contributed by atoms with Crippen molar-refractivity contribution in [3.8, 4) is 11.1 Å². The Hall–Kier alpha value is -3.67. The second-order valence-corrected chi connectivity index (χ2v) is 8.46. The molecule has 10 heteroatoms. The highest BCUT2D eigenvalue weighted by atomic mass is 127. The number of nitrogens with two attached hydrogens (primary N) is 1. The molecule has 0 amide bonds. The topological polar surface area (TPSA) is 117 Å². The third-order valence-electron chi connectivity index (χ3n) is 5.43. The maximum Gasteiger partial charge on any atom is 0.343 e. The monoisotopic (exact) mass is 555 g/mol. The van der Waals surface area contributed by atoms with E-state index < -0.39 is 17.5 Å². The molecule has 0 spiro atoms. The number of aldehydes is 1. The Morgan fingerprint density at radius 2 is 1.94 bits per heavy atom. The molecule has 5 rings (SSSR count). The van der Waals surface area contributed by atoms with Crippen LogP contribution in [0.2, 0.25) is 0 Å². The number of hydrogen-bond donors (Lipinski definition) is 1. The lowest BCUT2D eigenvalue weighted by Gasteiger charge is -2.18. The van der Waals surface area contributed by atoms with E-state index in [1.165, 1.54) is 12.4 Å². The Bertz CT molecular complexity index is 1630. The first kappa shape index (κ1) is 21.2. The molecule has 33 heavy (non-hydrogen) atoms. The van der Waals surface area contributed by atoms with Crippen LogP contribution >= 0.6 is 22.6 Å². The largest absolute Gasteiger partial charge is 0.424 e. The number of hydrogen-bond acceptors (Lipinski definition) is 7.